The van der Waals surface area contributed by atoms with Gasteiger partial charge in [-0.15, -0.1) is 0 Å². The van der Waals surface area contributed by atoms with Gasteiger partial charge in [0.1, 0.15) is 11.0 Å². The molecule has 0 aliphatic heterocycles. The molecule has 0 aliphatic rings. The molecule has 0 bridgehead atoms. The number of rotatable bonds is 4. The maximum Gasteiger partial charge on any atom is 0.223 e. The molecule has 1 N–H and O–H groups in total. The molecule has 2 aromatic rings. The topological polar surface area (TPSA) is 54.9 Å². The fourth-order valence-corrected chi connectivity index (χ4v) is 2.22. The van der Waals surface area contributed by atoms with E-state index in [4.69, 9.17) is 0 Å². The van der Waals surface area contributed by atoms with Crippen molar-refractivity contribution in [3.05, 3.63) is 23.8 Å². The Hall–Kier alpha value is -1.49. The molecule has 2 rings (SSSR count). The first-order valence-corrected chi connectivity index (χ1v) is 6.80. The first-order valence-electron chi connectivity index (χ1n) is 6.07. The number of benzene rings is 1. The summed E-state index contributed by atoms with van der Waals surface area (Å²) < 4.78 is 8.44. The molecule has 0 radical (unpaired) electrons. The Labute approximate surface area is 111 Å². The van der Waals surface area contributed by atoms with Crippen LogP contribution in [0.4, 0.5) is 0 Å². The molecule has 0 saturated carbocycles. The van der Waals surface area contributed by atoms with E-state index in [1.165, 1.54) is 11.7 Å². The van der Waals surface area contributed by atoms with Crippen molar-refractivity contribution >= 4 is 28.7 Å². The van der Waals surface area contributed by atoms with Gasteiger partial charge in [0.2, 0.25) is 5.91 Å². The highest BCUT2D eigenvalue weighted by Gasteiger charge is 2.16. The Morgan fingerprint density at radius 2 is 2.11 bits per heavy atom. The van der Waals surface area contributed by atoms with Gasteiger partial charge in [0, 0.05) is 18.0 Å². The van der Waals surface area contributed by atoms with Gasteiger partial charge in [-0.1, -0.05) is 32.9 Å². The summed E-state index contributed by atoms with van der Waals surface area (Å²) in [5.74, 6) is 0.463. The number of hydrogen-bond donors (Lipinski definition) is 1. The van der Waals surface area contributed by atoms with E-state index in [1.807, 2.05) is 25.1 Å². The average molecular weight is 263 g/mol. The minimum atomic E-state index is 0.0257. The minimum Gasteiger partial charge on any atom is -0.352 e. The van der Waals surface area contributed by atoms with Crippen LogP contribution in [0.15, 0.2) is 18.2 Å². The van der Waals surface area contributed by atoms with Crippen LogP contribution in [0.2, 0.25) is 0 Å². The lowest BCUT2D eigenvalue weighted by atomic mass is 9.97. The zero-order valence-electron chi connectivity index (χ0n) is 10.8. The molecule has 18 heavy (non-hydrogen) atoms. The molecule has 1 heterocycles. The number of carbonyl (C=O) groups excluding carboxylic acids is 1. The molecule has 4 nitrogen and oxygen atoms in total. The van der Waals surface area contributed by atoms with Crippen molar-refractivity contribution < 1.29 is 4.79 Å². The largest absolute Gasteiger partial charge is 0.352 e. The van der Waals surface area contributed by atoms with Crippen molar-refractivity contribution in [3.63, 3.8) is 0 Å². The van der Waals surface area contributed by atoms with Crippen molar-refractivity contribution in [2.24, 2.45) is 11.8 Å². The Balaban J connectivity index is 2.06. The van der Waals surface area contributed by atoms with Crippen LogP contribution >= 0.6 is 11.7 Å². The van der Waals surface area contributed by atoms with Crippen LogP contribution in [0.1, 0.15) is 26.3 Å². The summed E-state index contributed by atoms with van der Waals surface area (Å²) in [6, 6.07) is 5.85. The van der Waals surface area contributed by atoms with Crippen LogP contribution in [0.3, 0.4) is 0 Å². The third kappa shape index (κ3) is 2.67. The van der Waals surface area contributed by atoms with Crippen molar-refractivity contribution in [3.8, 4) is 0 Å². The van der Waals surface area contributed by atoms with Crippen LogP contribution in [-0.2, 0) is 11.3 Å². The first-order chi connectivity index (χ1) is 8.59. The number of aromatic nitrogens is 2. The number of nitrogens with zero attached hydrogens (tertiary/aromatic N) is 2. The Morgan fingerprint density at radius 1 is 1.33 bits per heavy atom. The van der Waals surface area contributed by atoms with Gasteiger partial charge in [0.05, 0.1) is 11.7 Å². The molecule has 5 heteroatoms. The summed E-state index contributed by atoms with van der Waals surface area (Å²) in [4.78, 5) is 11.9. The zero-order chi connectivity index (χ0) is 13.1. The highest BCUT2D eigenvalue weighted by molar-refractivity contribution is 7.00. The highest BCUT2D eigenvalue weighted by Crippen LogP contribution is 2.16. The van der Waals surface area contributed by atoms with Crippen LogP contribution < -0.4 is 5.32 Å². The number of fused-ring (bicyclic) bond motifs is 1. The third-order valence-electron chi connectivity index (χ3n) is 3.24. The predicted molar refractivity (Wildman–Crippen MR) is 73.3 cm³/mol. The Bertz CT molecular complexity index is 550. The van der Waals surface area contributed by atoms with Crippen molar-refractivity contribution in [1.29, 1.82) is 0 Å². The number of carbonyl (C=O) groups is 1. The zero-order valence-corrected chi connectivity index (χ0v) is 11.6. The number of nitrogens with one attached hydrogen (secondary N) is 1. The summed E-state index contributed by atoms with van der Waals surface area (Å²) in [6.07, 6.45) is 0. The quantitative estimate of drug-likeness (QED) is 0.922. The maximum atomic E-state index is 11.9. The van der Waals surface area contributed by atoms with Gasteiger partial charge in [-0.2, -0.15) is 8.75 Å². The van der Waals surface area contributed by atoms with Crippen LogP contribution in [0.5, 0.6) is 0 Å². The summed E-state index contributed by atoms with van der Waals surface area (Å²) in [6.45, 7) is 6.56. The lowest BCUT2D eigenvalue weighted by molar-refractivity contribution is -0.125. The highest BCUT2D eigenvalue weighted by atomic mass is 32.1. The normalized spacial score (nSPS) is 12.9. The van der Waals surface area contributed by atoms with Gasteiger partial charge in [0.25, 0.3) is 0 Å². The van der Waals surface area contributed by atoms with Gasteiger partial charge in [0.15, 0.2) is 0 Å². The third-order valence-corrected chi connectivity index (χ3v) is 3.78. The van der Waals surface area contributed by atoms with Crippen LogP contribution in [0.25, 0.3) is 11.0 Å². The van der Waals surface area contributed by atoms with E-state index in [9.17, 15) is 4.79 Å². The molecule has 1 aromatic carbocycles. The van der Waals surface area contributed by atoms with Crippen LogP contribution in [0, 0.1) is 11.8 Å². The Kier molecular flexibility index (Phi) is 3.91. The van der Waals surface area contributed by atoms with Gasteiger partial charge in [-0.05, 0) is 12.0 Å². The van der Waals surface area contributed by atoms with E-state index in [0.29, 0.717) is 12.5 Å². The van der Waals surface area contributed by atoms with Crippen molar-refractivity contribution in [1.82, 2.24) is 14.1 Å². The molecule has 0 saturated heterocycles. The second-order valence-corrected chi connectivity index (χ2v) is 5.33. The van der Waals surface area contributed by atoms with Gasteiger partial charge in [-0.25, -0.2) is 0 Å². The van der Waals surface area contributed by atoms with E-state index in [1.54, 1.807) is 0 Å². The fraction of sp³-hybridized carbons (Fsp3) is 0.462. The summed E-state index contributed by atoms with van der Waals surface area (Å²) in [7, 11) is 0. The monoisotopic (exact) mass is 263 g/mol. The summed E-state index contributed by atoms with van der Waals surface area (Å²) >= 11 is 1.20. The molecule has 0 fully saturated rings. The van der Waals surface area contributed by atoms with E-state index in [2.05, 4.69) is 27.9 Å². The second kappa shape index (κ2) is 5.44. The summed E-state index contributed by atoms with van der Waals surface area (Å²) in [5, 5.41) is 2.96. The molecule has 0 aliphatic carbocycles. The predicted octanol–water partition coefficient (Wildman–Crippen LogP) is 2.60. The molecule has 1 amide bonds. The van der Waals surface area contributed by atoms with E-state index in [0.717, 1.165) is 16.6 Å². The SMILES string of the molecule is CC(C)C(C)C(=O)NCc1cccc2nsnc12. The number of amides is 1. The van der Waals surface area contributed by atoms with Gasteiger partial charge in [-0.3, -0.25) is 4.79 Å². The maximum absolute atomic E-state index is 11.9. The van der Waals surface area contributed by atoms with E-state index >= 15 is 0 Å². The molecular formula is C13H17N3OS. The molecule has 1 unspecified atom stereocenters. The smallest absolute Gasteiger partial charge is 0.223 e. The minimum absolute atomic E-state index is 0.0257. The molecule has 96 valence electrons. The fourth-order valence-electron chi connectivity index (χ4n) is 1.65. The van der Waals surface area contributed by atoms with Crippen LogP contribution in [-0.4, -0.2) is 14.7 Å². The molecule has 1 atom stereocenters. The van der Waals surface area contributed by atoms with Crippen molar-refractivity contribution in [2.75, 3.05) is 0 Å². The van der Waals surface area contributed by atoms with Gasteiger partial charge >= 0.3 is 0 Å². The number of hydrogen-bond acceptors (Lipinski definition) is 4. The Morgan fingerprint density at radius 3 is 2.83 bits per heavy atom. The van der Waals surface area contributed by atoms with Gasteiger partial charge < -0.3 is 5.32 Å². The van der Waals surface area contributed by atoms with Crippen molar-refractivity contribution in [2.45, 2.75) is 27.3 Å². The lowest BCUT2D eigenvalue weighted by Gasteiger charge is -2.15. The van der Waals surface area contributed by atoms with E-state index < -0.39 is 0 Å². The first kappa shape index (κ1) is 13.0. The summed E-state index contributed by atoms with van der Waals surface area (Å²) in [5.41, 5.74) is 2.80. The van der Waals surface area contributed by atoms with E-state index in [-0.39, 0.29) is 11.8 Å². The average Bonchev–Trinajstić information content (AvgIpc) is 2.83. The second-order valence-electron chi connectivity index (χ2n) is 4.80. The molecular weight excluding hydrogens is 246 g/mol. The standard InChI is InChI=1S/C13H17N3OS/c1-8(2)9(3)13(17)14-7-10-5-4-6-11-12(10)16-18-15-11/h4-6,8-9H,7H2,1-3H3,(H,14,17). The molecule has 0 spiro atoms. The molecule has 1 aromatic heterocycles. The lowest BCUT2D eigenvalue weighted by Crippen LogP contribution is -2.31.